The minimum atomic E-state index is -0.808. The van der Waals surface area contributed by atoms with Crippen LogP contribution in [0.5, 0.6) is 0 Å². The fourth-order valence-electron chi connectivity index (χ4n) is 2.98. The Morgan fingerprint density at radius 1 is 1.43 bits per heavy atom. The number of carboxylic acids is 1. The van der Waals surface area contributed by atoms with E-state index in [0.29, 0.717) is 25.9 Å². The summed E-state index contributed by atoms with van der Waals surface area (Å²) in [6.07, 6.45) is 1.21. The molecule has 0 radical (unpaired) electrons. The van der Waals surface area contributed by atoms with Crippen LogP contribution in [0.3, 0.4) is 0 Å². The van der Waals surface area contributed by atoms with E-state index in [1.54, 1.807) is 4.90 Å². The molecule has 1 aliphatic rings. The number of likely N-dealkylation sites (tertiary alicyclic amines) is 1. The van der Waals surface area contributed by atoms with Crippen molar-refractivity contribution in [2.24, 2.45) is 18.9 Å². The molecule has 21 heavy (non-hydrogen) atoms. The van der Waals surface area contributed by atoms with Crippen LogP contribution in [-0.2, 0) is 23.1 Å². The van der Waals surface area contributed by atoms with E-state index in [0.717, 1.165) is 17.0 Å². The van der Waals surface area contributed by atoms with Crippen molar-refractivity contribution in [3.63, 3.8) is 0 Å². The number of hydrogen-bond acceptors (Lipinski definition) is 3. The molecule has 116 valence electrons. The van der Waals surface area contributed by atoms with Crippen molar-refractivity contribution in [2.75, 3.05) is 13.1 Å². The number of amides is 1. The van der Waals surface area contributed by atoms with Gasteiger partial charge in [0.05, 0.1) is 11.6 Å². The Morgan fingerprint density at radius 2 is 2.10 bits per heavy atom. The number of aryl methyl sites for hydroxylation is 2. The lowest BCUT2D eigenvalue weighted by Gasteiger charge is -2.20. The maximum Gasteiger partial charge on any atom is 0.308 e. The summed E-state index contributed by atoms with van der Waals surface area (Å²) in [7, 11) is 1.90. The first kappa shape index (κ1) is 15.5. The van der Waals surface area contributed by atoms with Gasteiger partial charge in [-0.2, -0.15) is 5.10 Å². The number of aliphatic carboxylic acids is 1. The highest BCUT2D eigenvalue weighted by atomic mass is 16.4. The summed E-state index contributed by atoms with van der Waals surface area (Å²) in [5.41, 5.74) is 3.16. The molecule has 0 bridgehead atoms. The summed E-state index contributed by atoms with van der Waals surface area (Å²) < 4.78 is 1.83. The van der Waals surface area contributed by atoms with Crippen molar-refractivity contribution in [2.45, 2.75) is 33.6 Å². The highest BCUT2D eigenvalue weighted by Crippen LogP contribution is 2.22. The summed E-state index contributed by atoms with van der Waals surface area (Å²) in [4.78, 5) is 25.1. The third-order valence-corrected chi connectivity index (χ3v) is 4.44. The first-order valence-electron chi connectivity index (χ1n) is 7.32. The molecule has 2 heterocycles. The minimum Gasteiger partial charge on any atom is -0.481 e. The SMILES string of the molecule is Cc1nn(C)c(C)c1C[C@H](C)C(=O)N1CC[C@@H](C(=O)O)C1. The molecule has 1 saturated heterocycles. The van der Waals surface area contributed by atoms with Crippen LogP contribution in [0, 0.1) is 25.7 Å². The fraction of sp³-hybridized carbons (Fsp3) is 0.667. The molecular weight excluding hydrogens is 270 g/mol. The van der Waals surface area contributed by atoms with Gasteiger partial charge in [-0.3, -0.25) is 14.3 Å². The van der Waals surface area contributed by atoms with Gasteiger partial charge in [-0.15, -0.1) is 0 Å². The molecule has 0 saturated carbocycles. The van der Waals surface area contributed by atoms with Crippen LogP contribution in [-0.4, -0.2) is 44.8 Å². The van der Waals surface area contributed by atoms with Crippen molar-refractivity contribution in [1.29, 1.82) is 0 Å². The van der Waals surface area contributed by atoms with Crippen LogP contribution in [0.4, 0.5) is 0 Å². The molecule has 0 unspecified atom stereocenters. The Kier molecular flexibility index (Phi) is 4.34. The summed E-state index contributed by atoms with van der Waals surface area (Å²) in [6.45, 7) is 6.75. The summed E-state index contributed by atoms with van der Waals surface area (Å²) in [5.74, 6) is -1.33. The summed E-state index contributed by atoms with van der Waals surface area (Å²) in [5, 5.41) is 13.4. The lowest BCUT2D eigenvalue weighted by Crippen LogP contribution is -2.35. The molecule has 2 rings (SSSR count). The average molecular weight is 293 g/mol. The van der Waals surface area contributed by atoms with Crippen molar-refractivity contribution in [3.05, 3.63) is 17.0 Å². The first-order chi connectivity index (χ1) is 9.81. The van der Waals surface area contributed by atoms with E-state index in [-0.39, 0.29) is 11.8 Å². The van der Waals surface area contributed by atoms with Crippen molar-refractivity contribution < 1.29 is 14.7 Å². The Hall–Kier alpha value is -1.85. The second-order valence-electron chi connectivity index (χ2n) is 5.99. The molecule has 0 aliphatic carbocycles. The number of nitrogens with zero attached hydrogens (tertiary/aromatic N) is 3. The zero-order valence-electron chi connectivity index (χ0n) is 13.1. The molecule has 0 spiro atoms. The molecule has 2 atom stereocenters. The molecule has 1 N–H and O–H groups in total. The zero-order valence-corrected chi connectivity index (χ0v) is 13.1. The Labute approximate surface area is 124 Å². The van der Waals surface area contributed by atoms with E-state index in [1.165, 1.54) is 0 Å². The first-order valence-corrected chi connectivity index (χ1v) is 7.32. The normalized spacial score (nSPS) is 19.8. The minimum absolute atomic E-state index is 0.0430. The van der Waals surface area contributed by atoms with E-state index in [1.807, 2.05) is 32.5 Å². The Balaban J connectivity index is 2.02. The quantitative estimate of drug-likeness (QED) is 0.903. The van der Waals surface area contributed by atoms with Gasteiger partial charge in [0.15, 0.2) is 0 Å². The predicted molar refractivity (Wildman–Crippen MR) is 77.9 cm³/mol. The molecule has 6 nitrogen and oxygen atoms in total. The molecular formula is C15H23N3O3. The number of aromatic nitrogens is 2. The monoisotopic (exact) mass is 293 g/mol. The van der Waals surface area contributed by atoms with Gasteiger partial charge < -0.3 is 10.0 Å². The van der Waals surface area contributed by atoms with E-state index in [2.05, 4.69) is 5.10 Å². The largest absolute Gasteiger partial charge is 0.481 e. The van der Waals surface area contributed by atoms with Gasteiger partial charge in [-0.25, -0.2) is 0 Å². The van der Waals surface area contributed by atoms with Crippen LogP contribution in [0.2, 0.25) is 0 Å². The van der Waals surface area contributed by atoms with Crippen molar-refractivity contribution in [1.82, 2.24) is 14.7 Å². The highest BCUT2D eigenvalue weighted by Gasteiger charge is 2.33. The second-order valence-corrected chi connectivity index (χ2v) is 5.99. The number of carboxylic acid groups (broad SMARTS) is 1. The predicted octanol–water partition coefficient (Wildman–Crippen LogP) is 1.15. The smallest absolute Gasteiger partial charge is 0.308 e. The molecule has 1 amide bonds. The summed E-state index contributed by atoms with van der Waals surface area (Å²) >= 11 is 0. The molecule has 1 aromatic heterocycles. The van der Waals surface area contributed by atoms with E-state index in [4.69, 9.17) is 5.11 Å². The lowest BCUT2D eigenvalue weighted by molar-refractivity contribution is -0.141. The van der Waals surface area contributed by atoms with Crippen LogP contribution in [0.25, 0.3) is 0 Å². The fourth-order valence-corrected chi connectivity index (χ4v) is 2.98. The zero-order chi connectivity index (χ0) is 15.7. The maximum atomic E-state index is 12.5. The molecule has 1 aliphatic heterocycles. The van der Waals surface area contributed by atoms with Crippen molar-refractivity contribution >= 4 is 11.9 Å². The highest BCUT2D eigenvalue weighted by molar-refractivity contribution is 5.80. The van der Waals surface area contributed by atoms with Gasteiger partial charge in [-0.05, 0) is 32.3 Å². The van der Waals surface area contributed by atoms with Crippen LogP contribution < -0.4 is 0 Å². The standard InChI is InChI=1S/C15H23N3O3/c1-9(7-13-10(2)16-17(4)11(13)3)14(19)18-6-5-12(8-18)15(20)21/h9,12H,5-8H2,1-4H3,(H,20,21)/t9-,12+/m0/s1. The Bertz CT molecular complexity index is 565. The van der Waals surface area contributed by atoms with Crippen LogP contribution in [0.1, 0.15) is 30.3 Å². The average Bonchev–Trinajstić information content (AvgIpc) is 2.99. The van der Waals surface area contributed by atoms with Gasteiger partial charge in [-0.1, -0.05) is 6.92 Å². The number of carbonyl (C=O) groups is 2. The van der Waals surface area contributed by atoms with Gasteiger partial charge in [0.1, 0.15) is 0 Å². The number of hydrogen-bond donors (Lipinski definition) is 1. The maximum absolute atomic E-state index is 12.5. The molecule has 0 aromatic carbocycles. The van der Waals surface area contributed by atoms with Crippen LogP contribution in [0.15, 0.2) is 0 Å². The van der Waals surface area contributed by atoms with Gasteiger partial charge >= 0.3 is 5.97 Å². The van der Waals surface area contributed by atoms with E-state index < -0.39 is 11.9 Å². The topological polar surface area (TPSA) is 75.4 Å². The third kappa shape index (κ3) is 3.09. The van der Waals surface area contributed by atoms with Gasteiger partial charge in [0.2, 0.25) is 5.91 Å². The molecule has 1 fully saturated rings. The third-order valence-electron chi connectivity index (χ3n) is 4.44. The summed E-state index contributed by atoms with van der Waals surface area (Å²) in [6, 6.07) is 0. The number of carbonyl (C=O) groups excluding carboxylic acids is 1. The van der Waals surface area contributed by atoms with Crippen LogP contribution >= 0.6 is 0 Å². The molecule has 1 aromatic rings. The number of rotatable bonds is 4. The van der Waals surface area contributed by atoms with E-state index >= 15 is 0 Å². The van der Waals surface area contributed by atoms with Gasteiger partial charge in [0, 0.05) is 31.7 Å². The molecule has 6 heteroatoms. The van der Waals surface area contributed by atoms with Gasteiger partial charge in [0.25, 0.3) is 0 Å². The Morgan fingerprint density at radius 3 is 2.57 bits per heavy atom. The second kappa shape index (κ2) is 5.87. The van der Waals surface area contributed by atoms with E-state index in [9.17, 15) is 9.59 Å². The lowest BCUT2D eigenvalue weighted by atomic mass is 9.98. The van der Waals surface area contributed by atoms with Crippen molar-refractivity contribution in [3.8, 4) is 0 Å².